The number of nitrogens with zero attached hydrogens (tertiary/aromatic N) is 2. The highest BCUT2D eigenvalue weighted by molar-refractivity contribution is 14.0. The number of carbonyl (C=O) groups excluding carboxylic acids is 1. The van der Waals surface area contributed by atoms with Gasteiger partial charge in [-0.1, -0.05) is 12.1 Å². The SMILES string of the molecule is CCNC(=NCc1ccc(C(N)=O)o1)NC1CCN(c2ccccc2OC(F)F)C1.I. The Bertz CT molecular complexity index is 893. The second-order valence-corrected chi connectivity index (χ2v) is 6.75. The molecule has 0 aliphatic carbocycles. The molecule has 170 valence electrons. The second-order valence-electron chi connectivity index (χ2n) is 6.75. The van der Waals surface area contributed by atoms with E-state index < -0.39 is 12.5 Å². The highest BCUT2D eigenvalue weighted by Crippen LogP contribution is 2.31. The number of nitrogens with two attached hydrogens (primary N) is 1. The molecule has 1 amide bonds. The molecule has 11 heteroatoms. The number of guanidine groups is 1. The summed E-state index contributed by atoms with van der Waals surface area (Å²) in [5.74, 6) is 0.745. The maximum atomic E-state index is 12.7. The fraction of sp³-hybridized carbons (Fsp3) is 0.400. The number of hydrogen-bond donors (Lipinski definition) is 3. The molecule has 1 atom stereocenters. The van der Waals surface area contributed by atoms with E-state index in [1.807, 2.05) is 11.8 Å². The van der Waals surface area contributed by atoms with E-state index in [2.05, 4.69) is 20.4 Å². The first-order valence-corrected chi connectivity index (χ1v) is 9.68. The monoisotopic (exact) mass is 549 g/mol. The lowest BCUT2D eigenvalue weighted by Crippen LogP contribution is -2.44. The molecule has 1 aliphatic heterocycles. The van der Waals surface area contributed by atoms with Crippen LogP contribution in [0.15, 0.2) is 45.8 Å². The molecule has 3 rings (SSSR count). The number of halogens is 3. The van der Waals surface area contributed by atoms with Gasteiger partial charge in [0.05, 0.1) is 5.69 Å². The first kappa shape index (κ1) is 24.7. The van der Waals surface area contributed by atoms with E-state index in [-0.39, 0.29) is 48.1 Å². The summed E-state index contributed by atoms with van der Waals surface area (Å²) < 4.78 is 35.3. The van der Waals surface area contributed by atoms with Crippen LogP contribution in [-0.2, 0) is 6.54 Å². The Labute approximate surface area is 196 Å². The van der Waals surface area contributed by atoms with Gasteiger partial charge in [0.2, 0.25) is 0 Å². The van der Waals surface area contributed by atoms with Crippen LogP contribution < -0.4 is 26.0 Å². The Morgan fingerprint density at radius 2 is 2.13 bits per heavy atom. The Hall–Kier alpha value is -2.57. The van der Waals surface area contributed by atoms with E-state index in [1.165, 1.54) is 12.1 Å². The van der Waals surface area contributed by atoms with Crippen LogP contribution in [0.5, 0.6) is 5.75 Å². The lowest BCUT2D eigenvalue weighted by molar-refractivity contribution is -0.0495. The predicted octanol–water partition coefficient (Wildman–Crippen LogP) is 2.93. The van der Waals surface area contributed by atoms with Crippen LogP contribution in [0, 0.1) is 0 Å². The molecule has 1 aliphatic rings. The number of ether oxygens (including phenoxy) is 1. The third kappa shape index (κ3) is 6.97. The van der Waals surface area contributed by atoms with Gasteiger partial charge in [0.1, 0.15) is 18.1 Å². The standard InChI is InChI=1S/C20H25F2N5O3.HI/c1-2-24-20(25-11-14-7-8-17(29-14)18(23)28)26-13-9-10-27(12-13)15-5-3-4-6-16(15)30-19(21)22;/h3-8,13,19H,2,9-12H2,1H3,(H2,23,28)(H2,24,25,26);1H. The van der Waals surface area contributed by atoms with Crippen molar-refractivity contribution in [3.05, 3.63) is 47.9 Å². The Kier molecular flexibility index (Phi) is 9.34. The molecule has 0 saturated carbocycles. The maximum Gasteiger partial charge on any atom is 0.387 e. The predicted molar refractivity (Wildman–Crippen MR) is 124 cm³/mol. The van der Waals surface area contributed by atoms with Crippen LogP contribution in [0.2, 0.25) is 0 Å². The van der Waals surface area contributed by atoms with Gasteiger partial charge in [0.15, 0.2) is 11.7 Å². The molecule has 1 aromatic heterocycles. The third-order valence-corrected chi connectivity index (χ3v) is 4.59. The summed E-state index contributed by atoms with van der Waals surface area (Å²) in [7, 11) is 0. The molecule has 2 heterocycles. The molecule has 2 aromatic rings. The topological polar surface area (TPSA) is 105 Å². The van der Waals surface area contributed by atoms with E-state index in [9.17, 15) is 13.6 Å². The lowest BCUT2D eigenvalue weighted by atomic mass is 10.2. The van der Waals surface area contributed by atoms with E-state index in [0.29, 0.717) is 37.0 Å². The van der Waals surface area contributed by atoms with Gasteiger partial charge in [0.25, 0.3) is 5.91 Å². The molecule has 1 fully saturated rings. The molecular weight excluding hydrogens is 523 g/mol. The molecule has 0 bridgehead atoms. The summed E-state index contributed by atoms with van der Waals surface area (Å²) >= 11 is 0. The van der Waals surface area contributed by atoms with Gasteiger partial charge in [0, 0.05) is 25.7 Å². The molecule has 4 N–H and O–H groups in total. The van der Waals surface area contributed by atoms with Gasteiger partial charge in [-0.15, -0.1) is 24.0 Å². The average molecular weight is 549 g/mol. The molecule has 1 saturated heterocycles. The van der Waals surface area contributed by atoms with Crippen LogP contribution in [0.3, 0.4) is 0 Å². The molecule has 1 unspecified atom stereocenters. The van der Waals surface area contributed by atoms with Crippen LogP contribution >= 0.6 is 24.0 Å². The highest BCUT2D eigenvalue weighted by atomic mass is 127. The smallest absolute Gasteiger partial charge is 0.387 e. The quantitative estimate of drug-likeness (QED) is 0.266. The van der Waals surface area contributed by atoms with Gasteiger partial charge in [-0.05, 0) is 37.6 Å². The van der Waals surface area contributed by atoms with Gasteiger partial charge < -0.3 is 30.4 Å². The number of amides is 1. The third-order valence-electron chi connectivity index (χ3n) is 4.59. The summed E-state index contributed by atoms with van der Waals surface area (Å²) in [5.41, 5.74) is 5.83. The van der Waals surface area contributed by atoms with Crippen LogP contribution in [0.4, 0.5) is 14.5 Å². The minimum absolute atomic E-state index is 0. The van der Waals surface area contributed by atoms with Crippen molar-refractivity contribution in [1.82, 2.24) is 10.6 Å². The molecule has 0 spiro atoms. The first-order valence-electron chi connectivity index (χ1n) is 9.68. The van der Waals surface area contributed by atoms with Gasteiger partial charge in [-0.3, -0.25) is 4.79 Å². The molecule has 31 heavy (non-hydrogen) atoms. The van der Waals surface area contributed by atoms with Gasteiger partial charge >= 0.3 is 6.61 Å². The molecular formula is C20H26F2IN5O3. The number of aliphatic imine (C=N–C) groups is 1. The summed E-state index contributed by atoms with van der Waals surface area (Å²) in [6, 6.07) is 10.0. The van der Waals surface area contributed by atoms with E-state index in [0.717, 1.165) is 6.42 Å². The van der Waals surface area contributed by atoms with E-state index in [1.54, 1.807) is 24.3 Å². The number of carbonyl (C=O) groups is 1. The average Bonchev–Trinajstić information content (AvgIpc) is 3.36. The number of hydrogen-bond acceptors (Lipinski definition) is 5. The van der Waals surface area contributed by atoms with Crippen molar-refractivity contribution in [2.24, 2.45) is 10.7 Å². The van der Waals surface area contributed by atoms with Crippen LogP contribution in [-0.4, -0.2) is 44.2 Å². The zero-order valence-corrected chi connectivity index (χ0v) is 19.3. The van der Waals surface area contributed by atoms with Crippen molar-refractivity contribution in [1.29, 1.82) is 0 Å². The minimum atomic E-state index is -2.87. The zero-order valence-electron chi connectivity index (χ0n) is 17.0. The van der Waals surface area contributed by atoms with Gasteiger partial charge in [-0.25, -0.2) is 4.99 Å². The number of nitrogens with one attached hydrogen (secondary N) is 2. The molecule has 8 nitrogen and oxygen atoms in total. The van der Waals surface area contributed by atoms with Crippen molar-refractivity contribution in [2.45, 2.75) is 32.5 Å². The number of furan rings is 1. The van der Waals surface area contributed by atoms with Crippen LogP contribution in [0.1, 0.15) is 29.7 Å². The van der Waals surface area contributed by atoms with Crippen molar-refractivity contribution in [3.63, 3.8) is 0 Å². The summed E-state index contributed by atoms with van der Waals surface area (Å²) in [4.78, 5) is 17.6. The summed E-state index contributed by atoms with van der Waals surface area (Å²) in [6.07, 6.45) is 0.806. The lowest BCUT2D eigenvalue weighted by Gasteiger charge is -2.22. The van der Waals surface area contributed by atoms with Gasteiger partial charge in [-0.2, -0.15) is 8.78 Å². The Balaban J connectivity index is 0.00000341. The second kappa shape index (κ2) is 11.7. The Morgan fingerprint density at radius 1 is 1.35 bits per heavy atom. The first-order chi connectivity index (χ1) is 14.5. The number of alkyl halides is 2. The van der Waals surface area contributed by atoms with Crippen molar-refractivity contribution >= 4 is 41.5 Å². The number of para-hydroxylation sites is 2. The Morgan fingerprint density at radius 3 is 2.81 bits per heavy atom. The largest absolute Gasteiger partial charge is 0.454 e. The molecule has 0 radical (unpaired) electrons. The number of rotatable bonds is 8. The summed E-state index contributed by atoms with van der Waals surface area (Å²) in [5, 5.41) is 6.52. The van der Waals surface area contributed by atoms with Crippen molar-refractivity contribution in [3.8, 4) is 5.75 Å². The number of anilines is 1. The normalized spacial score (nSPS) is 16.2. The van der Waals surface area contributed by atoms with Crippen molar-refractivity contribution < 1.29 is 22.7 Å². The summed E-state index contributed by atoms with van der Waals surface area (Å²) in [6.45, 7) is 1.30. The number of benzene rings is 1. The maximum absolute atomic E-state index is 12.7. The van der Waals surface area contributed by atoms with E-state index >= 15 is 0 Å². The minimum Gasteiger partial charge on any atom is -0.454 e. The fourth-order valence-corrected chi connectivity index (χ4v) is 3.28. The van der Waals surface area contributed by atoms with E-state index in [4.69, 9.17) is 10.2 Å². The zero-order chi connectivity index (χ0) is 21.5. The van der Waals surface area contributed by atoms with Crippen molar-refractivity contribution in [2.75, 3.05) is 24.5 Å². The fourth-order valence-electron chi connectivity index (χ4n) is 3.28. The van der Waals surface area contributed by atoms with Crippen LogP contribution in [0.25, 0.3) is 0 Å². The highest BCUT2D eigenvalue weighted by Gasteiger charge is 2.26. The molecule has 1 aromatic carbocycles. The number of primary amides is 1.